The predicted molar refractivity (Wildman–Crippen MR) is 48.7 cm³/mol. The summed E-state index contributed by atoms with van der Waals surface area (Å²) >= 11 is 0. The Morgan fingerprint density at radius 3 is 2.27 bits per heavy atom. The number of rotatable bonds is 6. The molecular formula is C7H13N3O5. The van der Waals surface area contributed by atoms with E-state index in [1.807, 2.05) is 5.32 Å². The highest BCUT2D eigenvalue weighted by Gasteiger charge is 2.12. The highest BCUT2D eigenvalue weighted by Crippen LogP contribution is 1.75. The molecule has 0 heterocycles. The van der Waals surface area contributed by atoms with Crippen molar-refractivity contribution in [1.82, 2.24) is 10.6 Å². The van der Waals surface area contributed by atoms with E-state index < -0.39 is 37.0 Å². The van der Waals surface area contributed by atoms with Gasteiger partial charge in [0.1, 0.15) is 12.6 Å². The third-order valence-electron chi connectivity index (χ3n) is 1.39. The Labute approximate surface area is 85.4 Å². The van der Waals surface area contributed by atoms with Gasteiger partial charge in [0.15, 0.2) is 0 Å². The van der Waals surface area contributed by atoms with Gasteiger partial charge in [0.2, 0.25) is 11.8 Å². The van der Waals surface area contributed by atoms with Gasteiger partial charge in [-0.2, -0.15) is 0 Å². The van der Waals surface area contributed by atoms with E-state index in [9.17, 15) is 14.4 Å². The first-order valence-electron chi connectivity index (χ1n) is 4.10. The largest absolute Gasteiger partial charge is 0.480 e. The summed E-state index contributed by atoms with van der Waals surface area (Å²) in [6.45, 7) is -1.41. The second kappa shape index (κ2) is 6.74. The molecule has 0 aliphatic rings. The fourth-order valence-electron chi connectivity index (χ4n) is 0.618. The minimum absolute atomic E-state index is 0.375. The number of nitrogens with one attached hydrogen (secondary N) is 2. The lowest BCUT2D eigenvalue weighted by Gasteiger charge is -2.08. The molecule has 0 aromatic carbocycles. The number of amides is 2. The molecule has 0 bridgehead atoms. The molecule has 0 fully saturated rings. The second-order valence-electron chi connectivity index (χ2n) is 2.68. The standard InChI is InChI=1S/C7H13N3O5/c8-4(3-11)7(15)10-1-5(12)9-2-6(13)14/h4,11H,1-3,8H2,(H,9,12)(H,10,15)(H,13,14). The molecule has 0 aromatic rings. The molecule has 86 valence electrons. The number of hydrogen-bond donors (Lipinski definition) is 5. The van der Waals surface area contributed by atoms with E-state index in [-0.39, 0.29) is 6.54 Å². The zero-order valence-electron chi connectivity index (χ0n) is 7.90. The van der Waals surface area contributed by atoms with Gasteiger partial charge in [-0.15, -0.1) is 0 Å². The van der Waals surface area contributed by atoms with Gasteiger partial charge in [-0.05, 0) is 0 Å². The fourth-order valence-corrected chi connectivity index (χ4v) is 0.618. The monoisotopic (exact) mass is 219 g/mol. The van der Waals surface area contributed by atoms with E-state index in [0.29, 0.717) is 0 Å². The van der Waals surface area contributed by atoms with Gasteiger partial charge in [0.25, 0.3) is 0 Å². The second-order valence-corrected chi connectivity index (χ2v) is 2.68. The minimum atomic E-state index is -1.18. The molecule has 0 aliphatic carbocycles. The Morgan fingerprint density at radius 1 is 1.20 bits per heavy atom. The smallest absolute Gasteiger partial charge is 0.322 e. The van der Waals surface area contributed by atoms with E-state index in [1.54, 1.807) is 0 Å². The number of nitrogens with two attached hydrogens (primary N) is 1. The maximum atomic E-state index is 10.9. The molecule has 0 spiro atoms. The molecule has 1 unspecified atom stereocenters. The van der Waals surface area contributed by atoms with Crippen molar-refractivity contribution in [3.05, 3.63) is 0 Å². The Morgan fingerprint density at radius 2 is 1.80 bits per heavy atom. The van der Waals surface area contributed by atoms with Crippen molar-refractivity contribution in [2.45, 2.75) is 6.04 Å². The van der Waals surface area contributed by atoms with Gasteiger partial charge in [0, 0.05) is 0 Å². The molecule has 0 saturated heterocycles. The molecule has 2 amide bonds. The zero-order chi connectivity index (χ0) is 11.8. The van der Waals surface area contributed by atoms with Crippen molar-refractivity contribution in [1.29, 1.82) is 0 Å². The SMILES string of the molecule is NC(CO)C(=O)NCC(=O)NCC(=O)O. The summed E-state index contributed by atoms with van der Waals surface area (Å²) in [5.41, 5.74) is 5.14. The van der Waals surface area contributed by atoms with Crippen molar-refractivity contribution in [3.63, 3.8) is 0 Å². The van der Waals surface area contributed by atoms with Crippen LogP contribution in [0.2, 0.25) is 0 Å². The van der Waals surface area contributed by atoms with Gasteiger partial charge in [-0.25, -0.2) is 0 Å². The molecule has 0 radical (unpaired) electrons. The summed E-state index contributed by atoms with van der Waals surface area (Å²) < 4.78 is 0. The lowest BCUT2D eigenvalue weighted by Crippen LogP contribution is -2.47. The maximum Gasteiger partial charge on any atom is 0.322 e. The third-order valence-corrected chi connectivity index (χ3v) is 1.39. The van der Waals surface area contributed by atoms with E-state index in [2.05, 4.69) is 5.32 Å². The first kappa shape index (κ1) is 13.3. The van der Waals surface area contributed by atoms with Crippen LogP contribution in [0.4, 0.5) is 0 Å². The number of carboxylic acids is 1. The number of hydrogen-bond acceptors (Lipinski definition) is 5. The molecule has 1 atom stereocenters. The Balaban J connectivity index is 3.71. The molecule has 0 saturated carbocycles. The van der Waals surface area contributed by atoms with Crippen LogP contribution in [0.15, 0.2) is 0 Å². The van der Waals surface area contributed by atoms with Gasteiger partial charge in [-0.1, -0.05) is 0 Å². The number of aliphatic hydroxyl groups is 1. The van der Waals surface area contributed by atoms with Crippen LogP contribution in [0.1, 0.15) is 0 Å². The van der Waals surface area contributed by atoms with Crippen LogP contribution in [0.3, 0.4) is 0 Å². The Hall–Kier alpha value is -1.67. The first-order valence-corrected chi connectivity index (χ1v) is 4.10. The number of carboxylic acid groups (broad SMARTS) is 1. The Bertz CT molecular complexity index is 255. The van der Waals surface area contributed by atoms with Crippen molar-refractivity contribution >= 4 is 17.8 Å². The summed E-state index contributed by atoms with van der Waals surface area (Å²) in [4.78, 5) is 31.8. The topological polar surface area (TPSA) is 142 Å². The number of carbonyl (C=O) groups is 3. The van der Waals surface area contributed by atoms with Crippen LogP contribution in [-0.4, -0.2) is 53.7 Å². The molecule has 8 nitrogen and oxygen atoms in total. The average Bonchev–Trinajstić information content (AvgIpc) is 2.21. The third kappa shape index (κ3) is 6.41. The fraction of sp³-hybridized carbons (Fsp3) is 0.571. The van der Waals surface area contributed by atoms with E-state index in [0.717, 1.165) is 0 Å². The van der Waals surface area contributed by atoms with Gasteiger partial charge in [0.05, 0.1) is 13.2 Å². The number of aliphatic carboxylic acids is 1. The van der Waals surface area contributed by atoms with Gasteiger partial charge in [-0.3, -0.25) is 14.4 Å². The predicted octanol–water partition coefficient (Wildman–Crippen LogP) is -3.38. The zero-order valence-corrected chi connectivity index (χ0v) is 7.90. The summed E-state index contributed by atoms with van der Waals surface area (Å²) in [6, 6.07) is -1.09. The molecule has 6 N–H and O–H groups in total. The molecule has 15 heavy (non-hydrogen) atoms. The van der Waals surface area contributed by atoms with Crippen LogP contribution in [0, 0.1) is 0 Å². The average molecular weight is 219 g/mol. The van der Waals surface area contributed by atoms with E-state index in [4.69, 9.17) is 15.9 Å². The molecule has 0 aromatic heterocycles. The quantitative estimate of drug-likeness (QED) is 0.315. The van der Waals surface area contributed by atoms with Crippen LogP contribution in [0.5, 0.6) is 0 Å². The normalized spacial score (nSPS) is 11.6. The van der Waals surface area contributed by atoms with E-state index in [1.165, 1.54) is 0 Å². The lowest BCUT2D eigenvalue weighted by molar-refractivity contribution is -0.137. The highest BCUT2D eigenvalue weighted by molar-refractivity contribution is 5.88. The van der Waals surface area contributed by atoms with Crippen LogP contribution < -0.4 is 16.4 Å². The summed E-state index contributed by atoms with van der Waals surface area (Å²) in [5, 5.41) is 20.9. The van der Waals surface area contributed by atoms with Crippen molar-refractivity contribution in [3.8, 4) is 0 Å². The van der Waals surface area contributed by atoms with Crippen molar-refractivity contribution < 1.29 is 24.6 Å². The summed E-state index contributed by atoms with van der Waals surface area (Å²) in [7, 11) is 0. The van der Waals surface area contributed by atoms with Gasteiger partial charge < -0.3 is 26.6 Å². The van der Waals surface area contributed by atoms with Gasteiger partial charge >= 0.3 is 5.97 Å². The minimum Gasteiger partial charge on any atom is -0.480 e. The summed E-state index contributed by atoms with van der Waals surface area (Å²) in [6.07, 6.45) is 0. The summed E-state index contributed by atoms with van der Waals surface area (Å²) in [5.74, 6) is -2.50. The van der Waals surface area contributed by atoms with Crippen LogP contribution in [-0.2, 0) is 14.4 Å². The Kier molecular flexibility index (Phi) is 5.99. The maximum absolute atomic E-state index is 10.9. The molecule has 8 heteroatoms. The van der Waals surface area contributed by atoms with Crippen LogP contribution >= 0.6 is 0 Å². The first-order chi connectivity index (χ1) is 6.97. The van der Waals surface area contributed by atoms with E-state index >= 15 is 0 Å². The highest BCUT2D eigenvalue weighted by atomic mass is 16.4. The molecule has 0 aliphatic heterocycles. The van der Waals surface area contributed by atoms with Crippen LogP contribution in [0.25, 0.3) is 0 Å². The number of aliphatic hydroxyl groups excluding tert-OH is 1. The van der Waals surface area contributed by atoms with Crippen molar-refractivity contribution in [2.75, 3.05) is 19.7 Å². The molecule has 0 rings (SSSR count). The lowest BCUT2D eigenvalue weighted by atomic mass is 10.3. The molecular weight excluding hydrogens is 206 g/mol. The number of carbonyl (C=O) groups excluding carboxylic acids is 2. The van der Waals surface area contributed by atoms with Crippen molar-refractivity contribution in [2.24, 2.45) is 5.73 Å².